The Balaban J connectivity index is 1.41. The van der Waals surface area contributed by atoms with Gasteiger partial charge < -0.3 is 15.0 Å². The summed E-state index contributed by atoms with van der Waals surface area (Å²) in [5.41, 5.74) is 2.17. The third-order valence-corrected chi connectivity index (χ3v) is 4.58. The molecular weight excluding hydrogens is 356 g/mol. The van der Waals surface area contributed by atoms with Crippen LogP contribution in [0.25, 0.3) is 11.3 Å². The van der Waals surface area contributed by atoms with Gasteiger partial charge in [0.25, 0.3) is 0 Å². The van der Waals surface area contributed by atoms with E-state index >= 15 is 0 Å². The number of carbonyl (C=O) groups excluding carboxylic acids is 1. The molecule has 1 saturated heterocycles. The number of methoxy groups -OCH3 is 1. The summed E-state index contributed by atoms with van der Waals surface area (Å²) in [6.45, 7) is 1.61. The fourth-order valence-corrected chi connectivity index (χ4v) is 3.15. The van der Waals surface area contributed by atoms with Crippen LogP contribution in [0.2, 0.25) is 0 Å². The minimum atomic E-state index is -0.499. The van der Waals surface area contributed by atoms with Gasteiger partial charge in [-0.1, -0.05) is 30.3 Å². The average Bonchev–Trinajstić information content (AvgIpc) is 3.23. The summed E-state index contributed by atoms with van der Waals surface area (Å²) in [4.78, 5) is 31.1. The topological polar surface area (TPSA) is 93.1 Å². The van der Waals surface area contributed by atoms with E-state index in [1.165, 1.54) is 13.3 Å². The van der Waals surface area contributed by atoms with E-state index in [1.807, 2.05) is 36.4 Å². The van der Waals surface area contributed by atoms with Gasteiger partial charge in [0.05, 0.1) is 25.2 Å². The molecule has 142 valence electrons. The highest BCUT2D eigenvalue weighted by atomic mass is 16.5. The molecule has 0 saturated carbocycles. The maximum absolute atomic E-state index is 11.4. The predicted molar refractivity (Wildman–Crippen MR) is 105 cm³/mol. The van der Waals surface area contributed by atoms with Gasteiger partial charge in [-0.2, -0.15) is 0 Å². The third kappa shape index (κ3) is 3.90. The first kappa shape index (κ1) is 17.8. The first-order valence-electron chi connectivity index (χ1n) is 9.03. The summed E-state index contributed by atoms with van der Waals surface area (Å²) in [7, 11) is 1.32. The van der Waals surface area contributed by atoms with Gasteiger partial charge in [0.15, 0.2) is 5.69 Å². The average molecular weight is 376 g/mol. The van der Waals surface area contributed by atoms with Crippen LogP contribution in [0.4, 0.5) is 11.8 Å². The second-order valence-corrected chi connectivity index (χ2v) is 6.46. The molecular formula is C20H20N6O2. The molecule has 3 aromatic rings. The summed E-state index contributed by atoms with van der Waals surface area (Å²) in [5, 5.41) is 3.35. The van der Waals surface area contributed by atoms with E-state index < -0.39 is 5.97 Å². The van der Waals surface area contributed by atoms with Crippen LogP contribution in [0.15, 0.2) is 55.0 Å². The van der Waals surface area contributed by atoms with Crippen molar-refractivity contribution in [3.05, 3.63) is 60.7 Å². The molecule has 0 aliphatic carbocycles. The number of carbonyl (C=O) groups is 1. The molecule has 28 heavy (non-hydrogen) atoms. The minimum Gasteiger partial charge on any atom is -0.464 e. The molecule has 1 unspecified atom stereocenters. The van der Waals surface area contributed by atoms with E-state index in [4.69, 9.17) is 4.98 Å². The lowest BCUT2D eigenvalue weighted by atomic mass is 10.1. The molecule has 1 aromatic carbocycles. The van der Waals surface area contributed by atoms with Crippen LogP contribution < -0.4 is 10.2 Å². The van der Waals surface area contributed by atoms with Gasteiger partial charge in [-0.05, 0) is 12.5 Å². The lowest BCUT2D eigenvalue weighted by Gasteiger charge is -2.17. The zero-order chi connectivity index (χ0) is 19.3. The monoisotopic (exact) mass is 376 g/mol. The zero-order valence-corrected chi connectivity index (χ0v) is 15.4. The van der Waals surface area contributed by atoms with Gasteiger partial charge in [0, 0.05) is 30.9 Å². The molecule has 1 aliphatic heterocycles. The summed E-state index contributed by atoms with van der Waals surface area (Å²) in [6.07, 6.45) is 5.68. The van der Waals surface area contributed by atoms with Crippen LogP contribution in [0, 0.1) is 0 Å². The number of nitrogens with zero attached hydrogens (tertiary/aromatic N) is 5. The van der Waals surface area contributed by atoms with Crippen molar-refractivity contribution in [1.29, 1.82) is 0 Å². The van der Waals surface area contributed by atoms with Crippen LogP contribution in [-0.2, 0) is 4.74 Å². The van der Waals surface area contributed by atoms with Crippen molar-refractivity contribution in [3.8, 4) is 11.3 Å². The third-order valence-electron chi connectivity index (χ3n) is 4.58. The summed E-state index contributed by atoms with van der Waals surface area (Å²) < 4.78 is 4.63. The van der Waals surface area contributed by atoms with Gasteiger partial charge in [-0.25, -0.2) is 24.7 Å². The van der Waals surface area contributed by atoms with Crippen molar-refractivity contribution < 1.29 is 9.53 Å². The van der Waals surface area contributed by atoms with E-state index in [-0.39, 0.29) is 11.7 Å². The van der Waals surface area contributed by atoms with E-state index in [2.05, 4.69) is 29.9 Å². The number of esters is 1. The fourth-order valence-electron chi connectivity index (χ4n) is 3.15. The van der Waals surface area contributed by atoms with Crippen LogP contribution in [0.5, 0.6) is 0 Å². The first-order chi connectivity index (χ1) is 13.7. The van der Waals surface area contributed by atoms with Gasteiger partial charge in [0.2, 0.25) is 5.95 Å². The standard InChI is InChI=1S/C20H20N6O2/c1-28-19(27)17-11-23-18(12-22-17)24-15-8-10-26(13-15)20-21-9-7-16(25-20)14-5-3-2-4-6-14/h2-7,9,11-12,15H,8,10,13H2,1H3,(H,23,24). The Labute approximate surface area is 162 Å². The Hall–Kier alpha value is -3.55. The highest BCUT2D eigenvalue weighted by Crippen LogP contribution is 2.22. The predicted octanol–water partition coefficient (Wildman–Crippen LogP) is 2.41. The smallest absolute Gasteiger partial charge is 0.358 e. The molecule has 1 fully saturated rings. The van der Waals surface area contributed by atoms with Crippen molar-refractivity contribution >= 4 is 17.7 Å². The Morgan fingerprint density at radius 1 is 1.14 bits per heavy atom. The number of ether oxygens (including phenoxy) is 1. The number of rotatable bonds is 5. The molecule has 4 rings (SSSR count). The Kier molecular flexibility index (Phi) is 5.09. The highest BCUT2D eigenvalue weighted by molar-refractivity contribution is 5.86. The molecule has 1 atom stereocenters. The SMILES string of the molecule is COC(=O)c1cnc(NC2CCN(c3nccc(-c4ccccc4)n3)C2)cn1. The Bertz CT molecular complexity index is 948. The molecule has 0 radical (unpaired) electrons. The van der Waals surface area contributed by atoms with E-state index in [9.17, 15) is 4.79 Å². The number of nitrogens with one attached hydrogen (secondary N) is 1. The van der Waals surface area contributed by atoms with E-state index in [1.54, 1.807) is 12.4 Å². The summed E-state index contributed by atoms with van der Waals surface area (Å²) >= 11 is 0. The van der Waals surface area contributed by atoms with Gasteiger partial charge in [-0.15, -0.1) is 0 Å². The summed E-state index contributed by atoms with van der Waals surface area (Å²) in [5.74, 6) is 0.845. The molecule has 0 bridgehead atoms. The normalized spacial score (nSPS) is 16.0. The van der Waals surface area contributed by atoms with E-state index in [0.29, 0.717) is 5.82 Å². The molecule has 8 heteroatoms. The number of benzene rings is 1. The van der Waals surface area contributed by atoms with Crippen LogP contribution in [0.3, 0.4) is 0 Å². The molecule has 1 aliphatic rings. The molecule has 0 spiro atoms. The van der Waals surface area contributed by atoms with E-state index in [0.717, 1.165) is 36.7 Å². The van der Waals surface area contributed by atoms with Crippen LogP contribution >= 0.6 is 0 Å². The van der Waals surface area contributed by atoms with Crippen LogP contribution in [0.1, 0.15) is 16.9 Å². The minimum absolute atomic E-state index is 0.187. The summed E-state index contributed by atoms with van der Waals surface area (Å²) in [6, 6.07) is 12.2. The molecule has 3 heterocycles. The van der Waals surface area contributed by atoms with Crippen molar-refractivity contribution in [3.63, 3.8) is 0 Å². The zero-order valence-electron chi connectivity index (χ0n) is 15.4. The molecule has 2 aromatic heterocycles. The molecule has 1 N–H and O–H groups in total. The van der Waals surface area contributed by atoms with Crippen molar-refractivity contribution in [1.82, 2.24) is 19.9 Å². The number of aromatic nitrogens is 4. The maximum atomic E-state index is 11.4. The number of hydrogen-bond acceptors (Lipinski definition) is 8. The largest absolute Gasteiger partial charge is 0.464 e. The van der Waals surface area contributed by atoms with Gasteiger partial charge in [0.1, 0.15) is 5.82 Å². The molecule has 8 nitrogen and oxygen atoms in total. The van der Waals surface area contributed by atoms with Crippen LogP contribution in [-0.4, -0.2) is 52.1 Å². The number of anilines is 2. The first-order valence-corrected chi connectivity index (χ1v) is 9.03. The maximum Gasteiger partial charge on any atom is 0.358 e. The van der Waals surface area contributed by atoms with Crippen molar-refractivity contribution in [2.24, 2.45) is 0 Å². The fraction of sp³-hybridized carbons (Fsp3) is 0.250. The Morgan fingerprint density at radius 3 is 2.75 bits per heavy atom. The lowest BCUT2D eigenvalue weighted by molar-refractivity contribution is 0.0593. The van der Waals surface area contributed by atoms with Crippen molar-refractivity contribution in [2.75, 3.05) is 30.4 Å². The second-order valence-electron chi connectivity index (χ2n) is 6.46. The van der Waals surface area contributed by atoms with Crippen molar-refractivity contribution in [2.45, 2.75) is 12.5 Å². The second kappa shape index (κ2) is 7.99. The highest BCUT2D eigenvalue weighted by Gasteiger charge is 2.25. The lowest BCUT2D eigenvalue weighted by Crippen LogP contribution is -2.27. The molecule has 0 amide bonds. The number of hydrogen-bond donors (Lipinski definition) is 1. The Morgan fingerprint density at radius 2 is 2.00 bits per heavy atom. The quantitative estimate of drug-likeness (QED) is 0.679. The van der Waals surface area contributed by atoms with Gasteiger partial charge >= 0.3 is 5.97 Å². The van der Waals surface area contributed by atoms with Gasteiger partial charge in [-0.3, -0.25) is 0 Å².